The second-order valence-electron chi connectivity index (χ2n) is 5.97. The highest BCUT2D eigenvalue weighted by Crippen LogP contribution is 2.27. The van der Waals surface area contributed by atoms with E-state index in [4.69, 9.17) is 16.6 Å². The van der Waals surface area contributed by atoms with Crippen LogP contribution in [0.25, 0.3) is 10.9 Å². The number of ketones is 1. The van der Waals surface area contributed by atoms with Gasteiger partial charge in [0.25, 0.3) is 0 Å². The number of Topliss-reactive ketones (excluding diaryl/α,β-unsaturated/α-hetero) is 1. The minimum Gasteiger partial charge on any atom is -0.293 e. The van der Waals surface area contributed by atoms with Crippen molar-refractivity contribution < 1.29 is 4.79 Å². The summed E-state index contributed by atoms with van der Waals surface area (Å²) in [5, 5.41) is 2.70. The van der Waals surface area contributed by atoms with Gasteiger partial charge in [-0.1, -0.05) is 35.0 Å². The molecule has 0 radical (unpaired) electrons. The largest absolute Gasteiger partial charge is 0.293 e. The van der Waals surface area contributed by atoms with Crippen molar-refractivity contribution in [2.24, 2.45) is 0 Å². The number of rotatable bonds is 4. The topological polar surface area (TPSA) is 30.0 Å². The highest BCUT2D eigenvalue weighted by atomic mass is 35.5. The van der Waals surface area contributed by atoms with Crippen LogP contribution in [0.5, 0.6) is 0 Å². The van der Waals surface area contributed by atoms with E-state index < -0.39 is 0 Å². The van der Waals surface area contributed by atoms with Crippen LogP contribution in [0.15, 0.2) is 47.5 Å². The van der Waals surface area contributed by atoms with Crippen molar-refractivity contribution in [1.82, 2.24) is 4.98 Å². The predicted octanol–water partition coefficient (Wildman–Crippen LogP) is 5.79. The smallest absolute Gasteiger partial charge is 0.173 e. The normalized spacial score (nSPS) is 11.0. The molecule has 0 atom stereocenters. The molecule has 0 unspecified atom stereocenters. The Kier molecular flexibility index (Phi) is 4.93. The predicted molar refractivity (Wildman–Crippen MR) is 102 cm³/mol. The summed E-state index contributed by atoms with van der Waals surface area (Å²) in [6.45, 7) is 6.27. The van der Waals surface area contributed by atoms with Gasteiger partial charge >= 0.3 is 0 Å². The Morgan fingerprint density at radius 1 is 1.04 bits per heavy atom. The molecule has 3 aromatic rings. The number of hydrogen-bond donors (Lipinski definition) is 0. The Labute approximate surface area is 151 Å². The van der Waals surface area contributed by atoms with Crippen molar-refractivity contribution in [2.75, 3.05) is 5.75 Å². The summed E-state index contributed by atoms with van der Waals surface area (Å²) in [6, 6.07) is 13.4. The molecule has 0 amide bonds. The van der Waals surface area contributed by atoms with Crippen LogP contribution in [0, 0.1) is 20.8 Å². The first-order chi connectivity index (χ1) is 11.4. The molecular weight excluding hydrogens is 338 g/mol. The van der Waals surface area contributed by atoms with Gasteiger partial charge < -0.3 is 0 Å². The van der Waals surface area contributed by atoms with Crippen molar-refractivity contribution in [3.8, 4) is 0 Å². The second-order valence-corrected chi connectivity index (χ2v) is 7.41. The molecule has 0 spiro atoms. The van der Waals surface area contributed by atoms with Crippen LogP contribution in [0.2, 0.25) is 5.02 Å². The highest BCUT2D eigenvalue weighted by Gasteiger charge is 2.10. The molecular formula is C20H18ClNOS. The van der Waals surface area contributed by atoms with Crippen molar-refractivity contribution in [1.29, 1.82) is 0 Å². The Morgan fingerprint density at radius 2 is 1.75 bits per heavy atom. The summed E-state index contributed by atoms with van der Waals surface area (Å²) in [4.78, 5) is 17.0. The average Bonchev–Trinajstić information content (AvgIpc) is 2.54. The van der Waals surface area contributed by atoms with E-state index in [2.05, 4.69) is 39.0 Å². The number of aromatic nitrogens is 1. The molecule has 0 saturated carbocycles. The van der Waals surface area contributed by atoms with Gasteiger partial charge in [0.2, 0.25) is 0 Å². The first-order valence-corrected chi connectivity index (χ1v) is 9.10. The fraction of sp³-hybridized carbons (Fsp3) is 0.200. The lowest BCUT2D eigenvalue weighted by molar-refractivity contribution is 0.102. The molecule has 3 rings (SSSR count). The lowest BCUT2D eigenvalue weighted by Gasteiger charge is -2.09. The van der Waals surface area contributed by atoms with Crippen LogP contribution in [0.1, 0.15) is 27.0 Å². The fourth-order valence-electron chi connectivity index (χ4n) is 2.75. The molecule has 1 heterocycles. The monoisotopic (exact) mass is 355 g/mol. The van der Waals surface area contributed by atoms with Gasteiger partial charge in [-0.2, -0.15) is 0 Å². The van der Waals surface area contributed by atoms with Gasteiger partial charge in [-0.25, -0.2) is 4.98 Å². The zero-order valence-electron chi connectivity index (χ0n) is 13.9. The SMILES string of the molecule is Cc1cc(C)c2nc(SCC(=O)c3ccc(Cl)cc3)cc(C)c2c1. The molecule has 4 heteroatoms. The number of benzene rings is 2. The molecule has 0 saturated heterocycles. The summed E-state index contributed by atoms with van der Waals surface area (Å²) in [7, 11) is 0. The van der Waals surface area contributed by atoms with Gasteiger partial charge in [0.1, 0.15) is 0 Å². The molecule has 0 aliphatic rings. The molecule has 0 fully saturated rings. The van der Waals surface area contributed by atoms with E-state index in [0.29, 0.717) is 16.3 Å². The quantitative estimate of drug-likeness (QED) is 0.438. The van der Waals surface area contributed by atoms with Gasteiger partial charge in [0.05, 0.1) is 16.3 Å². The summed E-state index contributed by atoms with van der Waals surface area (Å²) < 4.78 is 0. The first-order valence-electron chi connectivity index (χ1n) is 7.74. The van der Waals surface area contributed by atoms with Crippen molar-refractivity contribution in [3.05, 3.63) is 69.7 Å². The van der Waals surface area contributed by atoms with E-state index in [9.17, 15) is 4.79 Å². The van der Waals surface area contributed by atoms with Crippen LogP contribution in [-0.2, 0) is 0 Å². The van der Waals surface area contributed by atoms with Gasteiger partial charge in [0, 0.05) is 16.0 Å². The Hall–Kier alpha value is -1.84. The summed E-state index contributed by atoms with van der Waals surface area (Å²) in [6.07, 6.45) is 0. The molecule has 0 aliphatic carbocycles. The van der Waals surface area contributed by atoms with Crippen LogP contribution >= 0.6 is 23.4 Å². The zero-order valence-corrected chi connectivity index (χ0v) is 15.5. The van der Waals surface area contributed by atoms with Crippen LogP contribution in [0.4, 0.5) is 0 Å². The maximum Gasteiger partial charge on any atom is 0.173 e. The van der Waals surface area contributed by atoms with Crippen LogP contribution in [-0.4, -0.2) is 16.5 Å². The number of hydrogen-bond acceptors (Lipinski definition) is 3. The number of aryl methyl sites for hydroxylation is 3. The van der Waals surface area contributed by atoms with Gasteiger partial charge in [-0.15, -0.1) is 0 Å². The molecule has 0 aliphatic heterocycles. The Bertz CT molecular complexity index is 919. The third-order valence-electron chi connectivity index (χ3n) is 3.95. The zero-order chi connectivity index (χ0) is 17.3. The van der Waals surface area contributed by atoms with E-state index in [1.165, 1.54) is 33.8 Å². The number of thioether (sulfide) groups is 1. The number of pyridine rings is 1. The molecule has 0 bridgehead atoms. The molecule has 24 heavy (non-hydrogen) atoms. The molecule has 0 N–H and O–H groups in total. The third-order valence-corrected chi connectivity index (χ3v) is 5.11. The average molecular weight is 356 g/mol. The number of carbonyl (C=O) groups is 1. The van der Waals surface area contributed by atoms with Gasteiger partial charge in [0.15, 0.2) is 5.78 Å². The minimum atomic E-state index is 0.0804. The highest BCUT2D eigenvalue weighted by molar-refractivity contribution is 7.99. The lowest BCUT2D eigenvalue weighted by atomic mass is 10.0. The van der Waals surface area contributed by atoms with Crippen LogP contribution < -0.4 is 0 Å². The molecule has 122 valence electrons. The van der Waals surface area contributed by atoms with Gasteiger partial charge in [-0.3, -0.25) is 4.79 Å². The first kappa shape index (κ1) is 17.0. The van der Waals surface area contributed by atoms with E-state index >= 15 is 0 Å². The maximum atomic E-state index is 12.3. The van der Waals surface area contributed by atoms with E-state index in [-0.39, 0.29) is 5.78 Å². The number of fused-ring (bicyclic) bond motifs is 1. The standard InChI is InChI=1S/C20H18ClNOS/c1-12-8-14(3)20-17(9-12)13(2)10-19(22-20)24-11-18(23)15-4-6-16(21)7-5-15/h4-10H,11H2,1-3H3. The number of halogens is 1. The molecule has 1 aromatic heterocycles. The number of nitrogens with zero attached hydrogens (tertiary/aromatic N) is 1. The molecule has 2 nitrogen and oxygen atoms in total. The van der Waals surface area contributed by atoms with Crippen LogP contribution in [0.3, 0.4) is 0 Å². The lowest BCUT2D eigenvalue weighted by Crippen LogP contribution is -2.02. The van der Waals surface area contributed by atoms with E-state index in [1.54, 1.807) is 24.3 Å². The maximum absolute atomic E-state index is 12.3. The molecule has 2 aromatic carbocycles. The van der Waals surface area contributed by atoms with Crippen molar-refractivity contribution >= 4 is 40.0 Å². The summed E-state index contributed by atoms with van der Waals surface area (Å²) in [5.41, 5.74) is 5.29. The summed E-state index contributed by atoms with van der Waals surface area (Å²) in [5.74, 6) is 0.446. The minimum absolute atomic E-state index is 0.0804. The Morgan fingerprint density at radius 3 is 2.46 bits per heavy atom. The number of carbonyl (C=O) groups excluding carboxylic acids is 1. The Balaban J connectivity index is 1.83. The fourth-order valence-corrected chi connectivity index (χ4v) is 3.73. The van der Waals surface area contributed by atoms with Gasteiger partial charge in [-0.05, 0) is 68.3 Å². The van der Waals surface area contributed by atoms with Crippen molar-refractivity contribution in [3.63, 3.8) is 0 Å². The summed E-state index contributed by atoms with van der Waals surface area (Å²) >= 11 is 7.34. The van der Waals surface area contributed by atoms with Crippen molar-refractivity contribution in [2.45, 2.75) is 25.8 Å². The second kappa shape index (κ2) is 6.96. The van der Waals surface area contributed by atoms with E-state index in [0.717, 1.165) is 10.5 Å². The third kappa shape index (κ3) is 3.63. The van der Waals surface area contributed by atoms with E-state index in [1.807, 2.05) is 0 Å².